The van der Waals surface area contributed by atoms with Crippen LogP contribution in [0.1, 0.15) is 36.8 Å². The average Bonchev–Trinajstić information content (AvgIpc) is 3.39. The molecular weight excluding hydrogens is 322 g/mol. The predicted molar refractivity (Wildman–Crippen MR) is 105 cm³/mol. The van der Waals surface area contributed by atoms with E-state index in [4.69, 9.17) is 0 Å². The van der Waals surface area contributed by atoms with Crippen molar-refractivity contribution in [3.63, 3.8) is 0 Å². The van der Waals surface area contributed by atoms with Gasteiger partial charge in [0.25, 0.3) is 0 Å². The second-order valence-electron chi connectivity index (χ2n) is 7.17. The topological polar surface area (TPSA) is 56.9 Å². The minimum atomic E-state index is -0.202. The van der Waals surface area contributed by atoms with Crippen molar-refractivity contribution in [3.05, 3.63) is 71.9 Å². The Hall–Kier alpha value is -2.59. The van der Waals surface area contributed by atoms with E-state index in [9.17, 15) is 4.79 Å². The van der Waals surface area contributed by atoms with Gasteiger partial charge in [0.1, 0.15) is 0 Å². The van der Waals surface area contributed by atoms with Crippen molar-refractivity contribution in [2.24, 2.45) is 0 Å². The molecular formula is C22H25N3O. The van der Waals surface area contributed by atoms with Crippen LogP contribution in [0.15, 0.2) is 60.8 Å². The van der Waals surface area contributed by atoms with Crippen LogP contribution < -0.4 is 10.6 Å². The van der Waals surface area contributed by atoms with Crippen LogP contribution in [0.5, 0.6) is 0 Å². The summed E-state index contributed by atoms with van der Waals surface area (Å²) >= 11 is 0. The number of benzene rings is 2. The molecule has 134 valence electrons. The molecule has 0 spiro atoms. The van der Waals surface area contributed by atoms with Crippen molar-refractivity contribution < 1.29 is 4.79 Å². The SMILES string of the molecule is C[C@@H](NC[C@@H](c1ccccc1)c1c[nH]c2ccccc12)C(=O)NC1CC1. The van der Waals surface area contributed by atoms with E-state index >= 15 is 0 Å². The monoisotopic (exact) mass is 347 g/mol. The minimum absolute atomic E-state index is 0.0956. The van der Waals surface area contributed by atoms with Crippen LogP contribution in [0.4, 0.5) is 0 Å². The fourth-order valence-corrected chi connectivity index (χ4v) is 3.42. The van der Waals surface area contributed by atoms with E-state index in [0.29, 0.717) is 12.6 Å². The maximum Gasteiger partial charge on any atom is 0.237 e. The molecule has 26 heavy (non-hydrogen) atoms. The Balaban J connectivity index is 1.56. The fourth-order valence-electron chi connectivity index (χ4n) is 3.42. The Morgan fingerprint density at radius 2 is 1.85 bits per heavy atom. The molecule has 4 heteroatoms. The number of hydrogen-bond acceptors (Lipinski definition) is 2. The maximum atomic E-state index is 12.3. The Morgan fingerprint density at radius 1 is 1.12 bits per heavy atom. The summed E-state index contributed by atoms with van der Waals surface area (Å²) in [6, 6.07) is 19.0. The third-order valence-corrected chi connectivity index (χ3v) is 5.14. The Morgan fingerprint density at radius 3 is 2.62 bits per heavy atom. The molecule has 1 heterocycles. The van der Waals surface area contributed by atoms with Crippen LogP contribution in [0.25, 0.3) is 10.9 Å². The molecule has 4 rings (SSSR count). The van der Waals surface area contributed by atoms with E-state index < -0.39 is 0 Å². The average molecular weight is 347 g/mol. The molecule has 4 nitrogen and oxygen atoms in total. The zero-order chi connectivity index (χ0) is 17.9. The Kier molecular flexibility index (Phi) is 4.76. The normalized spacial score (nSPS) is 16.3. The first-order valence-electron chi connectivity index (χ1n) is 9.37. The summed E-state index contributed by atoms with van der Waals surface area (Å²) in [5.41, 5.74) is 3.65. The van der Waals surface area contributed by atoms with E-state index in [1.165, 1.54) is 16.5 Å². The number of nitrogens with one attached hydrogen (secondary N) is 3. The number of fused-ring (bicyclic) bond motifs is 1. The molecule has 1 amide bonds. The van der Waals surface area contributed by atoms with Gasteiger partial charge in [0.15, 0.2) is 0 Å². The van der Waals surface area contributed by atoms with Crippen molar-refractivity contribution in [2.75, 3.05) is 6.54 Å². The number of carbonyl (C=O) groups is 1. The van der Waals surface area contributed by atoms with Crippen LogP contribution in [-0.2, 0) is 4.79 Å². The molecule has 3 aromatic rings. The first-order chi connectivity index (χ1) is 12.7. The van der Waals surface area contributed by atoms with Crippen LogP contribution in [0.3, 0.4) is 0 Å². The molecule has 1 fully saturated rings. The highest BCUT2D eigenvalue weighted by molar-refractivity contribution is 5.84. The molecule has 0 saturated heterocycles. The van der Waals surface area contributed by atoms with E-state index in [-0.39, 0.29) is 17.9 Å². The lowest BCUT2D eigenvalue weighted by atomic mass is 9.90. The molecule has 1 saturated carbocycles. The zero-order valence-electron chi connectivity index (χ0n) is 15.0. The molecule has 1 aromatic heterocycles. The van der Waals surface area contributed by atoms with Gasteiger partial charge in [-0.25, -0.2) is 0 Å². The fraction of sp³-hybridized carbons (Fsp3) is 0.318. The highest BCUT2D eigenvalue weighted by Crippen LogP contribution is 2.30. The van der Waals surface area contributed by atoms with Crippen LogP contribution in [0.2, 0.25) is 0 Å². The maximum absolute atomic E-state index is 12.3. The van der Waals surface area contributed by atoms with Crippen molar-refractivity contribution in [1.82, 2.24) is 15.6 Å². The highest BCUT2D eigenvalue weighted by atomic mass is 16.2. The Bertz CT molecular complexity index is 883. The summed E-state index contributed by atoms with van der Waals surface area (Å²) in [6.45, 7) is 2.65. The number of para-hydroxylation sites is 1. The number of rotatable bonds is 7. The number of aromatic nitrogens is 1. The lowest BCUT2D eigenvalue weighted by Gasteiger charge is -2.21. The lowest BCUT2D eigenvalue weighted by molar-refractivity contribution is -0.122. The van der Waals surface area contributed by atoms with Gasteiger partial charge < -0.3 is 15.6 Å². The number of aromatic amines is 1. The van der Waals surface area contributed by atoms with E-state index in [0.717, 1.165) is 18.4 Å². The molecule has 3 N–H and O–H groups in total. The van der Waals surface area contributed by atoms with Gasteiger partial charge >= 0.3 is 0 Å². The van der Waals surface area contributed by atoms with Gasteiger partial charge in [0.05, 0.1) is 6.04 Å². The van der Waals surface area contributed by atoms with Gasteiger partial charge in [-0.05, 0) is 37.0 Å². The van der Waals surface area contributed by atoms with Gasteiger partial charge in [-0.3, -0.25) is 4.79 Å². The van der Waals surface area contributed by atoms with Crippen molar-refractivity contribution in [1.29, 1.82) is 0 Å². The molecule has 0 aliphatic heterocycles. The van der Waals surface area contributed by atoms with Crippen molar-refractivity contribution >= 4 is 16.8 Å². The van der Waals surface area contributed by atoms with Gasteiger partial charge in [-0.15, -0.1) is 0 Å². The largest absolute Gasteiger partial charge is 0.361 e. The summed E-state index contributed by atoms with van der Waals surface area (Å²) in [7, 11) is 0. The number of H-pyrrole nitrogens is 1. The van der Waals surface area contributed by atoms with Crippen LogP contribution in [0, 0.1) is 0 Å². The third kappa shape index (κ3) is 3.65. The molecule has 1 aliphatic carbocycles. The standard InChI is InChI=1S/C22H25N3O/c1-15(22(26)25-17-11-12-17)23-13-19(16-7-3-2-4-8-16)20-14-24-21-10-6-5-9-18(20)21/h2-10,14-15,17,19,23-24H,11-13H2,1H3,(H,25,26)/t15-,19+/m1/s1. The number of hydrogen-bond donors (Lipinski definition) is 3. The Labute approximate surface area is 154 Å². The molecule has 1 aliphatic rings. The highest BCUT2D eigenvalue weighted by Gasteiger charge is 2.26. The van der Waals surface area contributed by atoms with Crippen LogP contribution >= 0.6 is 0 Å². The van der Waals surface area contributed by atoms with Gasteiger partial charge in [0, 0.05) is 35.6 Å². The van der Waals surface area contributed by atoms with E-state index in [1.807, 2.05) is 19.1 Å². The summed E-state index contributed by atoms with van der Waals surface area (Å²) in [6.07, 6.45) is 4.32. The zero-order valence-corrected chi connectivity index (χ0v) is 15.0. The first kappa shape index (κ1) is 16.9. The second-order valence-corrected chi connectivity index (χ2v) is 7.17. The van der Waals surface area contributed by atoms with E-state index in [2.05, 4.69) is 64.3 Å². The summed E-state index contributed by atoms with van der Waals surface area (Å²) in [5, 5.41) is 7.75. The molecule has 2 aromatic carbocycles. The second kappa shape index (κ2) is 7.34. The first-order valence-corrected chi connectivity index (χ1v) is 9.37. The molecule has 0 radical (unpaired) electrons. The number of carbonyl (C=O) groups excluding carboxylic acids is 1. The summed E-state index contributed by atoms with van der Waals surface area (Å²) in [4.78, 5) is 15.6. The van der Waals surface area contributed by atoms with Gasteiger partial charge in [-0.2, -0.15) is 0 Å². The minimum Gasteiger partial charge on any atom is -0.361 e. The van der Waals surface area contributed by atoms with Crippen molar-refractivity contribution in [2.45, 2.75) is 37.8 Å². The quantitative estimate of drug-likeness (QED) is 0.612. The van der Waals surface area contributed by atoms with Crippen molar-refractivity contribution in [3.8, 4) is 0 Å². The lowest BCUT2D eigenvalue weighted by Crippen LogP contribution is -2.44. The molecule has 0 unspecified atom stereocenters. The van der Waals surface area contributed by atoms with E-state index in [1.54, 1.807) is 0 Å². The summed E-state index contributed by atoms with van der Waals surface area (Å²) < 4.78 is 0. The van der Waals surface area contributed by atoms with Gasteiger partial charge in [-0.1, -0.05) is 48.5 Å². The number of amides is 1. The molecule has 2 atom stereocenters. The smallest absolute Gasteiger partial charge is 0.237 e. The summed E-state index contributed by atoms with van der Waals surface area (Å²) in [5.74, 6) is 0.279. The predicted octanol–water partition coefficient (Wildman–Crippen LogP) is 3.56. The van der Waals surface area contributed by atoms with Crippen LogP contribution in [-0.4, -0.2) is 29.5 Å². The molecule has 0 bridgehead atoms. The third-order valence-electron chi connectivity index (χ3n) is 5.14. The van der Waals surface area contributed by atoms with Gasteiger partial charge in [0.2, 0.25) is 5.91 Å².